The summed E-state index contributed by atoms with van der Waals surface area (Å²) in [6.45, 7) is 3.82. The van der Waals surface area contributed by atoms with Crippen molar-refractivity contribution < 1.29 is 33.3 Å². The fraction of sp³-hybridized carbons (Fsp3) is 0.400. The number of carbonyl (C=O) groups excluding carboxylic acids is 3. The van der Waals surface area contributed by atoms with Crippen LogP contribution in [0.1, 0.15) is 32.2 Å². The number of aromatic nitrogens is 4. The van der Waals surface area contributed by atoms with Gasteiger partial charge in [0.05, 0.1) is 6.54 Å². The minimum absolute atomic E-state index is 0.202. The van der Waals surface area contributed by atoms with E-state index in [1.807, 2.05) is 30.3 Å². The monoisotopic (exact) mass is 430 g/mol. The predicted molar refractivity (Wildman–Crippen MR) is 104 cm³/mol. The average Bonchev–Trinajstić information content (AvgIpc) is 3.16. The first kappa shape index (κ1) is 21.9. The number of esters is 3. The highest BCUT2D eigenvalue weighted by atomic mass is 16.6. The third-order valence-electron chi connectivity index (χ3n) is 4.27. The number of carbonyl (C=O) groups is 3. The van der Waals surface area contributed by atoms with Crippen molar-refractivity contribution in [1.82, 2.24) is 20.2 Å². The van der Waals surface area contributed by atoms with Crippen molar-refractivity contribution in [2.24, 2.45) is 0 Å². The lowest BCUT2D eigenvalue weighted by molar-refractivity contribution is -0.177. The smallest absolute Gasteiger partial charge is 0.303 e. The number of nitrogens with zero attached hydrogens (tertiary/aromatic N) is 4. The molecule has 3 atom stereocenters. The van der Waals surface area contributed by atoms with Crippen LogP contribution in [0.3, 0.4) is 0 Å². The zero-order chi connectivity index (χ0) is 22.4. The molecule has 11 heteroatoms. The van der Waals surface area contributed by atoms with Gasteiger partial charge in [0, 0.05) is 26.8 Å². The van der Waals surface area contributed by atoms with E-state index in [9.17, 15) is 14.4 Å². The molecule has 0 amide bonds. The van der Waals surface area contributed by atoms with E-state index in [2.05, 4.69) is 15.5 Å². The van der Waals surface area contributed by atoms with Crippen LogP contribution in [-0.4, -0.2) is 63.0 Å². The van der Waals surface area contributed by atoms with Crippen LogP contribution in [0.2, 0.25) is 0 Å². The molecule has 1 aliphatic heterocycles. The molecule has 1 aromatic carbocycles. The SMILES string of the molecule is CC(=O)OC[C@H]1OC(c2nnnn2Cc2ccccc2)=C[C@@H](OC(C)=O)[C@@H]1OC(C)=O. The molecule has 2 aromatic rings. The van der Waals surface area contributed by atoms with Gasteiger partial charge in [-0.3, -0.25) is 14.4 Å². The second-order valence-corrected chi connectivity index (χ2v) is 6.78. The number of rotatable bonds is 7. The molecule has 2 heterocycles. The standard InChI is InChI=1S/C20H22N4O7/c1-12(25)28-11-18-19(30-14(3)27)16(29-13(2)26)9-17(31-18)20-21-22-23-24(20)10-15-7-5-4-6-8-15/h4-9,16,18-19H,10-11H2,1-3H3/t16-,18-,19+/m1/s1. The Morgan fingerprint density at radius 3 is 2.39 bits per heavy atom. The molecule has 164 valence electrons. The molecule has 0 unspecified atom stereocenters. The zero-order valence-electron chi connectivity index (χ0n) is 17.3. The van der Waals surface area contributed by atoms with E-state index in [0.717, 1.165) is 5.56 Å². The molecule has 1 aliphatic rings. The van der Waals surface area contributed by atoms with E-state index in [1.54, 1.807) is 0 Å². The van der Waals surface area contributed by atoms with Gasteiger partial charge in [-0.25, -0.2) is 4.68 Å². The largest absolute Gasteiger partial charge is 0.479 e. The lowest BCUT2D eigenvalue weighted by Gasteiger charge is -2.35. The highest BCUT2D eigenvalue weighted by Crippen LogP contribution is 2.29. The van der Waals surface area contributed by atoms with Crippen LogP contribution in [-0.2, 0) is 39.9 Å². The summed E-state index contributed by atoms with van der Waals surface area (Å²) in [5.41, 5.74) is 0.957. The van der Waals surface area contributed by atoms with Crippen molar-refractivity contribution in [2.45, 2.75) is 45.6 Å². The van der Waals surface area contributed by atoms with Crippen molar-refractivity contribution in [3.8, 4) is 0 Å². The molecule has 0 bridgehead atoms. The molecule has 0 aliphatic carbocycles. The van der Waals surface area contributed by atoms with E-state index >= 15 is 0 Å². The van der Waals surface area contributed by atoms with Crippen LogP contribution in [0, 0.1) is 0 Å². The lowest BCUT2D eigenvalue weighted by atomic mass is 10.0. The molecular formula is C20H22N4O7. The van der Waals surface area contributed by atoms with Crippen molar-refractivity contribution in [2.75, 3.05) is 6.61 Å². The van der Waals surface area contributed by atoms with Gasteiger partial charge in [-0.05, 0) is 16.0 Å². The highest BCUT2D eigenvalue weighted by Gasteiger charge is 2.41. The second kappa shape index (κ2) is 9.83. The Kier molecular flexibility index (Phi) is 6.96. The quantitative estimate of drug-likeness (QED) is 0.461. The third kappa shape index (κ3) is 5.87. The summed E-state index contributed by atoms with van der Waals surface area (Å²) in [7, 11) is 0. The fourth-order valence-corrected chi connectivity index (χ4v) is 3.05. The van der Waals surface area contributed by atoms with E-state index in [0.29, 0.717) is 6.54 Å². The Bertz CT molecular complexity index is 973. The zero-order valence-corrected chi connectivity index (χ0v) is 17.3. The summed E-state index contributed by atoms with van der Waals surface area (Å²) < 4.78 is 23.2. The molecule has 0 saturated heterocycles. The summed E-state index contributed by atoms with van der Waals surface area (Å²) in [5.74, 6) is -1.26. The van der Waals surface area contributed by atoms with Gasteiger partial charge < -0.3 is 18.9 Å². The van der Waals surface area contributed by atoms with Gasteiger partial charge in [-0.15, -0.1) is 5.10 Å². The Labute approximate surface area is 177 Å². The minimum Gasteiger partial charge on any atom is -0.479 e. The predicted octanol–water partition coefficient (Wildman–Crippen LogP) is 0.888. The minimum atomic E-state index is -1.03. The van der Waals surface area contributed by atoms with Crippen molar-refractivity contribution >= 4 is 23.7 Å². The highest BCUT2D eigenvalue weighted by molar-refractivity contribution is 5.69. The maximum absolute atomic E-state index is 11.7. The summed E-state index contributed by atoms with van der Waals surface area (Å²) in [6, 6.07) is 9.53. The van der Waals surface area contributed by atoms with Crippen LogP contribution >= 0.6 is 0 Å². The summed E-state index contributed by atoms with van der Waals surface area (Å²) in [5, 5.41) is 11.7. The first-order chi connectivity index (χ1) is 14.8. The normalized spacial score (nSPS) is 20.2. The molecule has 1 aromatic heterocycles. The molecule has 3 rings (SSSR count). The lowest BCUT2D eigenvalue weighted by Crippen LogP contribution is -2.48. The maximum atomic E-state index is 11.7. The Balaban J connectivity index is 1.94. The van der Waals surface area contributed by atoms with Crippen LogP contribution < -0.4 is 0 Å². The number of hydrogen-bond acceptors (Lipinski definition) is 10. The van der Waals surface area contributed by atoms with E-state index in [1.165, 1.54) is 31.5 Å². The number of tetrazole rings is 1. The molecule has 0 radical (unpaired) electrons. The molecular weight excluding hydrogens is 408 g/mol. The molecule has 31 heavy (non-hydrogen) atoms. The Hall–Kier alpha value is -3.76. The van der Waals surface area contributed by atoms with Crippen molar-refractivity contribution in [3.05, 3.63) is 47.8 Å². The Morgan fingerprint density at radius 1 is 1.03 bits per heavy atom. The van der Waals surface area contributed by atoms with Gasteiger partial charge in [0.25, 0.3) is 0 Å². The van der Waals surface area contributed by atoms with Crippen LogP contribution in [0.25, 0.3) is 5.76 Å². The molecule has 0 N–H and O–H groups in total. The van der Waals surface area contributed by atoms with E-state index in [4.69, 9.17) is 18.9 Å². The van der Waals surface area contributed by atoms with Gasteiger partial charge in [-0.1, -0.05) is 30.3 Å². The van der Waals surface area contributed by atoms with Crippen molar-refractivity contribution in [3.63, 3.8) is 0 Å². The van der Waals surface area contributed by atoms with Gasteiger partial charge in [0.1, 0.15) is 6.61 Å². The molecule has 0 spiro atoms. The topological polar surface area (TPSA) is 132 Å². The maximum Gasteiger partial charge on any atom is 0.303 e. The molecule has 11 nitrogen and oxygen atoms in total. The number of benzene rings is 1. The average molecular weight is 430 g/mol. The summed E-state index contributed by atoms with van der Waals surface area (Å²) in [4.78, 5) is 34.6. The van der Waals surface area contributed by atoms with Gasteiger partial charge in [0.2, 0.25) is 5.82 Å². The first-order valence-electron chi connectivity index (χ1n) is 9.50. The van der Waals surface area contributed by atoms with E-state index in [-0.39, 0.29) is 18.2 Å². The summed E-state index contributed by atoms with van der Waals surface area (Å²) in [6.07, 6.45) is -1.50. The Morgan fingerprint density at radius 2 is 1.74 bits per heavy atom. The molecule has 0 saturated carbocycles. The molecule has 0 fully saturated rings. The van der Waals surface area contributed by atoms with Gasteiger partial charge in [-0.2, -0.15) is 0 Å². The van der Waals surface area contributed by atoms with Crippen molar-refractivity contribution in [1.29, 1.82) is 0 Å². The van der Waals surface area contributed by atoms with Gasteiger partial charge >= 0.3 is 17.9 Å². The number of hydrogen-bond donors (Lipinski definition) is 0. The first-order valence-corrected chi connectivity index (χ1v) is 9.50. The van der Waals surface area contributed by atoms with E-state index < -0.39 is 36.2 Å². The van der Waals surface area contributed by atoms with Crippen LogP contribution in [0.5, 0.6) is 0 Å². The fourth-order valence-electron chi connectivity index (χ4n) is 3.05. The van der Waals surface area contributed by atoms with Crippen LogP contribution in [0.15, 0.2) is 36.4 Å². The summed E-state index contributed by atoms with van der Waals surface area (Å²) >= 11 is 0. The van der Waals surface area contributed by atoms with Crippen LogP contribution in [0.4, 0.5) is 0 Å². The van der Waals surface area contributed by atoms with Gasteiger partial charge in [0.15, 0.2) is 24.1 Å². The number of ether oxygens (including phenoxy) is 4. The third-order valence-corrected chi connectivity index (χ3v) is 4.27. The second-order valence-electron chi connectivity index (χ2n) is 6.78.